The molecule has 1 atom stereocenters. The molecule has 1 aliphatic heterocycles. The maximum absolute atomic E-state index is 13.0. The van der Waals surface area contributed by atoms with Crippen LogP contribution in [0.25, 0.3) is 11.1 Å². The molecule has 2 aromatic carbocycles. The molecule has 3 aromatic rings. The Labute approximate surface area is 165 Å². The van der Waals surface area contributed by atoms with Gasteiger partial charge in [0.15, 0.2) is 5.78 Å². The average Bonchev–Trinajstić information content (AvgIpc) is 3.16. The first-order valence-electron chi connectivity index (χ1n) is 9.76. The highest BCUT2D eigenvalue weighted by atomic mass is 16.5. The van der Waals surface area contributed by atoms with Gasteiger partial charge in [0.05, 0.1) is 11.8 Å². The van der Waals surface area contributed by atoms with Gasteiger partial charge in [0.1, 0.15) is 11.9 Å². The summed E-state index contributed by atoms with van der Waals surface area (Å²) in [5, 5.41) is 7.62. The van der Waals surface area contributed by atoms with Crippen LogP contribution < -0.4 is 10.1 Å². The predicted octanol–water partition coefficient (Wildman–Crippen LogP) is 3.64. The van der Waals surface area contributed by atoms with E-state index in [2.05, 4.69) is 10.4 Å². The molecule has 1 N–H and O–H groups in total. The van der Waals surface area contributed by atoms with Crippen molar-refractivity contribution in [3.8, 4) is 16.9 Å². The van der Waals surface area contributed by atoms with Crippen LogP contribution in [-0.4, -0.2) is 34.8 Å². The number of hydrogen-bond acceptors (Lipinski definition) is 4. The predicted molar refractivity (Wildman–Crippen MR) is 110 cm³/mol. The summed E-state index contributed by atoms with van der Waals surface area (Å²) in [4.78, 5) is 13.0. The van der Waals surface area contributed by atoms with E-state index in [0.29, 0.717) is 17.7 Å². The van der Waals surface area contributed by atoms with Crippen molar-refractivity contribution >= 4 is 5.78 Å². The molecule has 4 rings (SSSR count). The smallest absolute Gasteiger partial charge is 0.170 e. The largest absolute Gasteiger partial charge is 0.488 e. The van der Waals surface area contributed by atoms with E-state index in [-0.39, 0.29) is 11.9 Å². The van der Waals surface area contributed by atoms with Crippen molar-refractivity contribution in [3.05, 3.63) is 72.1 Å². The average molecular weight is 375 g/mol. The molecule has 1 aromatic heterocycles. The van der Waals surface area contributed by atoms with E-state index < -0.39 is 0 Å². The van der Waals surface area contributed by atoms with Crippen LogP contribution in [0.15, 0.2) is 60.9 Å². The van der Waals surface area contributed by atoms with Crippen molar-refractivity contribution in [1.82, 2.24) is 15.1 Å². The Morgan fingerprint density at radius 3 is 2.79 bits per heavy atom. The zero-order chi connectivity index (χ0) is 19.3. The van der Waals surface area contributed by atoms with E-state index in [1.807, 2.05) is 68.0 Å². The van der Waals surface area contributed by atoms with Gasteiger partial charge in [-0.15, -0.1) is 0 Å². The monoisotopic (exact) mass is 375 g/mol. The Hall–Kier alpha value is -2.92. The number of rotatable bonds is 6. The summed E-state index contributed by atoms with van der Waals surface area (Å²) in [5.41, 5.74) is 3.66. The Morgan fingerprint density at radius 1 is 1.21 bits per heavy atom. The zero-order valence-electron chi connectivity index (χ0n) is 16.1. The van der Waals surface area contributed by atoms with Gasteiger partial charge in [-0.1, -0.05) is 36.4 Å². The Balaban J connectivity index is 1.64. The lowest BCUT2D eigenvalue weighted by Crippen LogP contribution is -2.37. The molecule has 2 heterocycles. The van der Waals surface area contributed by atoms with Crippen molar-refractivity contribution in [2.45, 2.75) is 25.4 Å². The molecule has 1 fully saturated rings. The SMILES string of the molecule is Cn1cc(-c2ccc(C(=O)Cc3ccccc3)c(O[C@@H]3CCCNC3)c2)cn1. The molecule has 5 nitrogen and oxygen atoms in total. The summed E-state index contributed by atoms with van der Waals surface area (Å²) in [7, 11) is 1.90. The number of carbonyl (C=O) groups excluding carboxylic acids is 1. The first kappa shape index (κ1) is 18.4. The quantitative estimate of drug-likeness (QED) is 0.668. The fourth-order valence-corrected chi connectivity index (χ4v) is 3.58. The fourth-order valence-electron chi connectivity index (χ4n) is 3.58. The standard InChI is InChI=1S/C23H25N3O2/c1-26-16-19(14-25-26)18-9-10-21(22(27)12-17-6-3-2-4-7-17)23(13-18)28-20-8-5-11-24-15-20/h2-4,6-7,9-10,13-14,16,20,24H,5,8,11-12,15H2,1H3/t20-/m1/s1. The van der Waals surface area contributed by atoms with E-state index in [1.165, 1.54) is 0 Å². The van der Waals surface area contributed by atoms with E-state index in [9.17, 15) is 4.79 Å². The molecule has 0 amide bonds. The van der Waals surface area contributed by atoms with Crippen molar-refractivity contribution in [1.29, 1.82) is 0 Å². The number of benzene rings is 2. The second-order valence-electron chi connectivity index (χ2n) is 7.29. The van der Waals surface area contributed by atoms with Crippen molar-refractivity contribution in [3.63, 3.8) is 0 Å². The summed E-state index contributed by atoms with van der Waals surface area (Å²) in [6.45, 7) is 1.83. The van der Waals surface area contributed by atoms with Gasteiger partial charge < -0.3 is 10.1 Å². The number of piperidine rings is 1. The number of nitrogens with zero attached hydrogens (tertiary/aromatic N) is 2. The molecule has 0 spiro atoms. The Kier molecular flexibility index (Phi) is 5.53. The number of nitrogens with one attached hydrogen (secondary N) is 1. The van der Waals surface area contributed by atoms with E-state index >= 15 is 0 Å². The molecule has 5 heteroatoms. The molecular formula is C23H25N3O2. The molecule has 0 unspecified atom stereocenters. The van der Waals surface area contributed by atoms with Gasteiger partial charge in [0.2, 0.25) is 0 Å². The summed E-state index contributed by atoms with van der Waals surface area (Å²) < 4.78 is 8.08. The highest BCUT2D eigenvalue weighted by Crippen LogP contribution is 2.30. The van der Waals surface area contributed by atoms with Crippen LogP contribution in [0.2, 0.25) is 0 Å². The molecule has 1 aliphatic rings. The third kappa shape index (κ3) is 4.31. The summed E-state index contributed by atoms with van der Waals surface area (Å²) >= 11 is 0. The summed E-state index contributed by atoms with van der Waals surface area (Å²) in [6, 6.07) is 15.7. The topological polar surface area (TPSA) is 56.1 Å². The number of carbonyl (C=O) groups is 1. The van der Waals surface area contributed by atoms with Gasteiger partial charge in [-0.05, 0) is 42.6 Å². The van der Waals surface area contributed by atoms with Crippen molar-refractivity contribution in [2.75, 3.05) is 13.1 Å². The number of Topliss-reactive ketones (excluding diaryl/α,β-unsaturated/α-hetero) is 1. The Bertz CT molecular complexity index is 943. The molecule has 1 saturated heterocycles. The van der Waals surface area contributed by atoms with Gasteiger partial charge in [0, 0.05) is 31.8 Å². The molecule has 28 heavy (non-hydrogen) atoms. The summed E-state index contributed by atoms with van der Waals surface area (Å²) in [6.07, 6.45) is 6.32. The lowest BCUT2D eigenvalue weighted by Gasteiger charge is -2.25. The van der Waals surface area contributed by atoms with Crippen LogP contribution in [0.1, 0.15) is 28.8 Å². The van der Waals surface area contributed by atoms with Gasteiger partial charge in [-0.25, -0.2) is 0 Å². The maximum atomic E-state index is 13.0. The van der Waals surface area contributed by atoms with Crippen LogP contribution in [-0.2, 0) is 13.5 Å². The third-order valence-electron chi connectivity index (χ3n) is 5.07. The van der Waals surface area contributed by atoms with Crippen LogP contribution >= 0.6 is 0 Å². The lowest BCUT2D eigenvalue weighted by atomic mass is 9.99. The molecule has 0 saturated carbocycles. The second-order valence-corrected chi connectivity index (χ2v) is 7.29. The number of hydrogen-bond donors (Lipinski definition) is 1. The molecule has 0 aliphatic carbocycles. The molecule has 0 bridgehead atoms. The molecule has 0 radical (unpaired) electrons. The molecular weight excluding hydrogens is 350 g/mol. The third-order valence-corrected chi connectivity index (χ3v) is 5.07. The first-order chi connectivity index (χ1) is 13.7. The minimum atomic E-state index is 0.0719. The number of ketones is 1. The normalized spacial score (nSPS) is 16.7. The van der Waals surface area contributed by atoms with Crippen LogP contribution in [0.3, 0.4) is 0 Å². The summed E-state index contributed by atoms with van der Waals surface area (Å²) in [5.74, 6) is 0.735. The minimum absolute atomic E-state index is 0.0719. The van der Waals surface area contributed by atoms with E-state index in [0.717, 1.165) is 42.6 Å². The van der Waals surface area contributed by atoms with Crippen LogP contribution in [0, 0.1) is 0 Å². The van der Waals surface area contributed by atoms with E-state index in [1.54, 1.807) is 4.68 Å². The second kappa shape index (κ2) is 8.40. The first-order valence-corrected chi connectivity index (χ1v) is 9.76. The van der Waals surface area contributed by atoms with Crippen LogP contribution in [0.4, 0.5) is 0 Å². The zero-order valence-corrected chi connectivity index (χ0v) is 16.1. The maximum Gasteiger partial charge on any atom is 0.170 e. The highest BCUT2D eigenvalue weighted by Gasteiger charge is 2.20. The minimum Gasteiger partial charge on any atom is -0.488 e. The van der Waals surface area contributed by atoms with Crippen molar-refractivity contribution < 1.29 is 9.53 Å². The van der Waals surface area contributed by atoms with Gasteiger partial charge in [-0.2, -0.15) is 5.10 Å². The number of aryl methyl sites for hydroxylation is 1. The Morgan fingerprint density at radius 2 is 2.07 bits per heavy atom. The van der Waals surface area contributed by atoms with Gasteiger partial charge >= 0.3 is 0 Å². The molecule has 144 valence electrons. The van der Waals surface area contributed by atoms with Gasteiger partial charge in [-0.3, -0.25) is 9.48 Å². The van der Waals surface area contributed by atoms with E-state index in [4.69, 9.17) is 4.74 Å². The number of ether oxygens (including phenoxy) is 1. The lowest BCUT2D eigenvalue weighted by molar-refractivity contribution is 0.0982. The highest BCUT2D eigenvalue weighted by molar-refractivity contribution is 6.00. The van der Waals surface area contributed by atoms with Gasteiger partial charge in [0.25, 0.3) is 0 Å². The number of aromatic nitrogens is 2. The fraction of sp³-hybridized carbons (Fsp3) is 0.304. The van der Waals surface area contributed by atoms with Crippen molar-refractivity contribution in [2.24, 2.45) is 7.05 Å². The van der Waals surface area contributed by atoms with Crippen LogP contribution in [0.5, 0.6) is 5.75 Å².